The van der Waals surface area contributed by atoms with Crippen LogP contribution in [-0.4, -0.2) is 11.6 Å². The van der Waals surface area contributed by atoms with Crippen LogP contribution in [0.15, 0.2) is 78.9 Å². The van der Waals surface area contributed by atoms with E-state index in [4.69, 9.17) is 0 Å². The minimum Gasteiger partial charge on any atom is -0.321 e. The highest BCUT2D eigenvalue weighted by molar-refractivity contribution is 6.31. The van der Waals surface area contributed by atoms with Gasteiger partial charge in [-0.05, 0) is 11.0 Å². The lowest BCUT2D eigenvalue weighted by Crippen LogP contribution is -2.97. The summed E-state index contributed by atoms with van der Waals surface area (Å²) in [5.41, 5.74) is 2.95. The summed E-state index contributed by atoms with van der Waals surface area (Å²) in [7, 11) is 0. The van der Waals surface area contributed by atoms with Crippen LogP contribution < -0.4 is 5.32 Å². The molecule has 4 rings (SSSR count). The highest BCUT2D eigenvalue weighted by atomic mass is 16.2. The highest BCUT2D eigenvalue weighted by Crippen LogP contribution is 2.35. The van der Waals surface area contributed by atoms with Crippen molar-refractivity contribution in [2.24, 2.45) is 0 Å². The number of benzene rings is 3. The van der Waals surface area contributed by atoms with Crippen molar-refractivity contribution in [3.8, 4) is 0 Å². The summed E-state index contributed by atoms with van der Waals surface area (Å²) < 4.78 is 0. The molecule has 0 aliphatic heterocycles. The number of hydrogen-bond acceptors (Lipinski definition) is 2. The van der Waals surface area contributed by atoms with E-state index in [0.29, 0.717) is 17.7 Å². The molecule has 0 aromatic heterocycles. The second-order valence-corrected chi connectivity index (χ2v) is 8.73. The van der Waals surface area contributed by atoms with Gasteiger partial charge in [-0.15, -0.1) is 0 Å². The Labute approximate surface area is 171 Å². The van der Waals surface area contributed by atoms with Crippen LogP contribution in [0.2, 0.25) is 0 Å². The van der Waals surface area contributed by atoms with E-state index in [9.17, 15) is 9.59 Å². The van der Waals surface area contributed by atoms with Crippen molar-refractivity contribution in [2.75, 3.05) is 0 Å². The first-order chi connectivity index (χ1) is 13.8. The van der Waals surface area contributed by atoms with Gasteiger partial charge in [-0.2, -0.15) is 0 Å². The summed E-state index contributed by atoms with van der Waals surface area (Å²) >= 11 is 0. The average molecular weight is 384 g/mol. The Kier molecular flexibility index (Phi) is 4.71. The Morgan fingerprint density at radius 1 is 0.724 bits per heavy atom. The Bertz CT molecular complexity index is 1020. The zero-order valence-electron chi connectivity index (χ0n) is 17.1. The van der Waals surface area contributed by atoms with Crippen molar-refractivity contribution in [1.82, 2.24) is 0 Å². The summed E-state index contributed by atoms with van der Waals surface area (Å²) in [6.07, 6.45) is 0. The number of Topliss-reactive ketones (excluding diaryl/α,β-unsaturated/α-hetero) is 2. The third-order valence-electron chi connectivity index (χ3n) is 5.83. The molecule has 1 aliphatic rings. The van der Waals surface area contributed by atoms with Gasteiger partial charge in [0.05, 0.1) is 0 Å². The van der Waals surface area contributed by atoms with Crippen LogP contribution in [0.1, 0.15) is 58.2 Å². The van der Waals surface area contributed by atoms with Crippen molar-refractivity contribution < 1.29 is 14.9 Å². The van der Waals surface area contributed by atoms with Crippen LogP contribution in [0.25, 0.3) is 0 Å². The lowest BCUT2D eigenvalue weighted by Gasteiger charge is -2.25. The molecule has 0 spiro atoms. The number of fused-ring (bicyclic) bond motifs is 1. The molecule has 146 valence electrons. The maximum atomic E-state index is 13.5. The first-order valence-corrected chi connectivity index (χ1v) is 10.0. The lowest BCUT2D eigenvalue weighted by molar-refractivity contribution is -0.718. The minimum atomic E-state index is -1.26. The predicted molar refractivity (Wildman–Crippen MR) is 114 cm³/mol. The first-order valence-electron chi connectivity index (χ1n) is 10.0. The number of carbonyl (C=O) groups is 2. The molecule has 29 heavy (non-hydrogen) atoms. The molecule has 3 nitrogen and oxygen atoms in total. The number of ketones is 2. The van der Waals surface area contributed by atoms with Crippen LogP contribution in [0.3, 0.4) is 0 Å². The number of quaternary nitrogens is 1. The molecule has 1 aliphatic carbocycles. The van der Waals surface area contributed by atoms with Gasteiger partial charge in [0.15, 0.2) is 0 Å². The van der Waals surface area contributed by atoms with Crippen LogP contribution >= 0.6 is 0 Å². The molecule has 0 bridgehead atoms. The molecular formula is C26H26NO2+. The molecule has 0 fully saturated rings. The van der Waals surface area contributed by atoms with E-state index < -0.39 is 5.54 Å². The maximum Gasteiger partial charge on any atom is 0.249 e. The topological polar surface area (TPSA) is 50.8 Å². The van der Waals surface area contributed by atoms with E-state index in [0.717, 1.165) is 11.1 Å². The summed E-state index contributed by atoms with van der Waals surface area (Å²) in [5, 5.41) is 1.90. The molecule has 0 heterocycles. The second-order valence-electron chi connectivity index (χ2n) is 8.73. The molecule has 0 saturated heterocycles. The fourth-order valence-corrected chi connectivity index (χ4v) is 4.09. The molecule has 3 aromatic carbocycles. The van der Waals surface area contributed by atoms with Crippen molar-refractivity contribution in [2.45, 2.75) is 38.3 Å². The van der Waals surface area contributed by atoms with E-state index >= 15 is 0 Å². The number of carbonyl (C=O) groups excluding carboxylic acids is 2. The molecular weight excluding hydrogens is 358 g/mol. The Morgan fingerprint density at radius 3 is 1.76 bits per heavy atom. The van der Waals surface area contributed by atoms with E-state index in [2.05, 4.69) is 45.0 Å². The smallest absolute Gasteiger partial charge is 0.249 e. The number of hydrogen-bond donors (Lipinski definition) is 1. The largest absolute Gasteiger partial charge is 0.321 e. The van der Waals surface area contributed by atoms with Crippen molar-refractivity contribution >= 4 is 11.6 Å². The second kappa shape index (κ2) is 7.09. The summed E-state index contributed by atoms with van der Waals surface area (Å²) in [4.78, 5) is 27.0. The van der Waals surface area contributed by atoms with Crippen LogP contribution in [0.4, 0.5) is 0 Å². The summed E-state index contributed by atoms with van der Waals surface area (Å²) in [6, 6.07) is 25.0. The van der Waals surface area contributed by atoms with Gasteiger partial charge >= 0.3 is 0 Å². The monoisotopic (exact) mass is 384 g/mol. The van der Waals surface area contributed by atoms with Crippen molar-refractivity contribution in [3.63, 3.8) is 0 Å². The fraction of sp³-hybridized carbons (Fsp3) is 0.231. The number of nitrogens with two attached hydrogens (primary N) is 1. The normalized spacial score (nSPS) is 15.4. The molecule has 3 aromatic rings. The molecule has 0 amide bonds. The van der Waals surface area contributed by atoms with Gasteiger partial charge in [-0.25, -0.2) is 0 Å². The van der Waals surface area contributed by atoms with Crippen LogP contribution in [0.5, 0.6) is 0 Å². The average Bonchev–Trinajstić information content (AvgIpc) is 2.95. The maximum absolute atomic E-state index is 13.5. The molecule has 2 N–H and O–H groups in total. The van der Waals surface area contributed by atoms with Crippen molar-refractivity contribution in [3.05, 3.63) is 107 Å². The molecule has 0 atom stereocenters. The zero-order valence-corrected chi connectivity index (χ0v) is 17.1. The minimum absolute atomic E-state index is 0.0898. The van der Waals surface area contributed by atoms with Crippen LogP contribution in [-0.2, 0) is 17.5 Å². The Morgan fingerprint density at radius 2 is 1.24 bits per heavy atom. The summed E-state index contributed by atoms with van der Waals surface area (Å²) in [6.45, 7) is 7.10. The zero-order chi connectivity index (χ0) is 20.6. The summed E-state index contributed by atoms with van der Waals surface area (Å²) in [5.74, 6) is -0.258. The standard InChI is InChI=1S/C26H25NO2/c1-25(2,3)19-15-13-18(14-16-19)17-27-26(20-9-5-4-6-10-20)23(28)21-11-7-8-12-22(21)24(26)29/h4-16,27H,17H2,1-3H3/p+1. The fourth-order valence-electron chi connectivity index (χ4n) is 4.09. The Balaban J connectivity index is 1.71. The molecule has 0 saturated carbocycles. The van der Waals surface area contributed by atoms with E-state index in [1.807, 2.05) is 47.8 Å². The van der Waals surface area contributed by atoms with Gasteiger partial charge in [0.2, 0.25) is 17.1 Å². The highest BCUT2D eigenvalue weighted by Gasteiger charge is 2.57. The van der Waals surface area contributed by atoms with Gasteiger partial charge in [-0.1, -0.05) is 99.6 Å². The SMILES string of the molecule is CC(C)(C)c1ccc(C[NH2+]C2(c3ccccc3)C(=O)c3ccccc3C2=O)cc1. The molecule has 0 radical (unpaired) electrons. The van der Waals surface area contributed by atoms with Gasteiger partial charge in [0.25, 0.3) is 0 Å². The van der Waals surface area contributed by atoms with E-state index in [1.165, 1.54) is 5.56 Å². The van der Waals surface area contributed by atoms with Gasteiger partial charge < -0.3 is 5.32 Å². The van der Waals surface area contributed by atoms with Gasteiger partial charge in [0.1, 0.15) is 6.54 Å². The van der Waals surface area contributed by atoms with E-state index in [-0.39, 0.29) is 17.0 Å². The lowest BCUT2D eigenvalue weighted by atomic mass is 9.84. The third kappa shape index (κ3) is 3.22. The van der Waals surface area contributed by atoms with Crippen LogP contribution in [0, 0.1) is 0 Å². The first kappa shape index (κ1) is 19.3. The molecule has 3 heteroatoms. The third-order valence-corrected chi connectivity index (χ3v) is 5.83. The number of rotatable bonds is 4. The van der Waals surface area contributed by atoms with Crippen molar-refractivity contribution in [1.29, 1.82) is 0 Å². The quantitative estimate of drug-likeness (QED) is 0.691. The van der Waals surface area contributed by atoms with Gasteiger partial charge in [-0.3, -0.25) is 9.59 Å². The predicted octanol–water partition coefficient (Wildman–Crippen LogP) is 4.02. The molecule has 0 unspecified atom stereocenters. The Hall–Kier alpha value is -3.04. The van der Waals surface area contributed by atoms with E-state index in [1.54, 1.807) is 12.1 Å². The van der Waals surface area contributed by atoms with Gasteiger partial charge in [0, 0.05) is 22.3 Å².